The third-order valence-electron chi connectivity index (χ3n) is 4.41. The first-order valence-corrected chi connectivity index (χ1v) is 7.87. The lowest BCUT2D eigenvalue weighted by atomic mass is 9.87. The Kier molecular flexibility index (Phi) is 5.69. The van der Waals surface area contributed by atoms with Crippen LogP contribution < -0.4 is 0 Å². The Labute approximate surface area is 168 Å². The van der Waals surface area contributed by atoms with Crippen molar-refractivity contribution >= 4 is 16.7 Å². The van der Waals surface area contributed by atoms with Crippen LogP contribution in [0.2, 0.25) is 0 Å². The summed E-state index contributed by atoms with van der Waals surface area (Å²) in [6.07, 6.45) is -7.53. The molecule has 0 spiro atoms. The average molecular weight is 490 g/mol. The van der Waals surface area contributed by atoms with E-state index in [2.05, 4.69) is 0 Å². The summed E-state index contributed by atoms with van der Waals surface area (Å²) in [4.78, 5) is 11.4. The van der Waals surface area contributed by atoms with Gasteiger partial charge in [0, 0.05) is 5.56 Å². The van der Waals surface area contributed by atoms with Gasteiger partial charge >= 0.3 is 41.8 Å². The van der Waals surface area contributed by atoms with Crippen molar-refractivity contribution in [2.75, 3.05) is 0 Å². The van der Waals surface area contributed by atoms with Gasteiger partial charge in [-0.25, -0.2) is 4.79 Å². The van der Waals surface area contributed by atoms with Gasteiger partial charge < -0.3 is 5.11 Å². The van der Waals surface area contributed by atoms with Gasteiger partial charge in [-0.1, -0.05) is 36.4 Å². The lowest BCUT2D eigenvalue weighted by molar-refractivity contribution is -0.441. The number of aromatic carboxylic acids is 1. The fraction of sp³-hybridized carbons (Fsp3) is 0.353. The third kappa shape index (κ3) is 3.23. The van der Waals surface area contributed by atoms with Crippen molar-refractivity contribution in [1.29, 1.82) is 0 Å². The molecule has 2 nitrogen and oxygen atoms in total. The Morgan fingerprint density at radius 1 is 0.625 bits per heavy atom. The smallest absolute Gasteiger partial charge is 0.460 e. The Bertz CT molecular complexity index is 1040. The van der Waals surface area contributed by atoms with Gasteiger partial charge in [-0.2, -0.15) is 57.1 Å². The Hall–Kier alpha value is -2.74. The lowest BCUT2D eigenvalue weighted by Crippen LogP contribution is -2.69. The van der Waals surface area contributed by atoms with E-state index in [0.717, 1.165) is 18.2 Å². The van der Waals surface area contributed by atoms with Crippen LogP contribution in [0.25, 0.3) is 10.8 Å². The van der Waals surface area contributed by atoms with Crippen LogP contribution in [0, 0.1) is 0 Å². The first-order valence-electron chi connectivity index (χ1n) is 7.87. The highest BCUT2D eigenvalue weighted by Crippen LogP contribution is 2.62. The quantitative estimate of drug-likeness (QED) is 0.456. The van der Waals surface area contributed by atoms with Crippen LogP contribution in [-0.2, 0) is 5.92 Å². The fourth-order valence-corrected chi connectivity index (χ4v) is 2.70. The summed E-state index contributed by atoms with van der Waals surface area (Å²) in [5.41, 5.74) is -4.30. The fourth-order valence-electron chi connectivity index (χ4n) is 2.70. The molecule has 0 saturated heterocycles. The molecule has 2 aromatic carbocycles. The molecular formula is C17H7F13O2. The summed E-state index contributed by atoms with van der Waals surface area (Å²) >= 11 is 0. The number of alkyl halides is 13. The topological polar surface area (TPSA) is 37.3 Å². The number of hydrogen-bond donors (Lipinski definition) is 1. The highest BCUT2D eigenvalue weighted by Gasteiger charge is 2.91. The first kappa shape index (κ1) is 25.5. The minimum atomic E-state index is -8.06. The Balaban J connectivity index is 2.81. The lowest BCUT2D eigenvalue weighted by Gasteiger charge is -2.40. The second-order valence-corrected chi connectivity index (χ2v) is 6.38. The van der Waals surface area contributed by atoms with E-state index in [0.29, 0.717) is 6.07 Å². The molecule has 0 aliphatic carbocycles. The number of fused-ring (bicyclic) bond motifs is 1. The standard InChI is InChI=1S/C17H7F13O2/c18-12(19,9-6-5-7-3-1-2-4-8(7)10(9)11(31)32)13(20,21)14(22,23)15(24,25)16(26,27)17(28,29)30/h1-6H,(H,31,32). The summed E-state index contributed by atoms with van der Waals surface area (Å²) in [6, 6.07) is 4.36. The molecule has 0 amide bonds. The zero-order valence-corrected chi connectivity index (χ0v) is 14.7. The molecule has 0 unspecified atom stereocenters. The molecule has 0 fully saturated rings. The molecule has 0 aliphatic heterocycles. The molecular weight excluding hydrogens is 483 g/mol. The van der Waals surface area contributed by atoms with Crippen molar-refractivity contribution in [2.45, 2.75) is 35.8 Å². The molecule has 2 rings (SSSR count). The highest BCUT2D eigenvalue weighted by molar-refractivity contribution is 6.05. The summed E-state index contributed by atoms with van der Waals surface area (Å²) in [6.45, 7) is 0. The van der Waals surface area contributed by atoms with Gasteiger partial charge in [-0.15, -0.1) is 0 Å². The van der Waals surface area contributed by atoms with Crippen LogP contribution >= 0.6 is 0 Å². The number of carboxylic acids is 1. The maximum atomic E-state index is 14.4. The molecule has 0 bridgehead atoms. The number of benzene rings is 2. The normalized spacial score (nSPS) is 14.7. The van der Waals surface area contributed by atoms with E-state index in [1.165, 1.54) is 6.07 Å². The van der Waals surface area contributed by atoms with Crippen molar-refractivity contribution in [3.63, 3.8) is 0 Å². The second-order valence-electron chi connectivity index (χ2n) is 6.38. The van der Waals surface area contributed by atoms with Crippen molar-refractivity contribution in [1.82, 2.24) is 0 Å². The zero-order valence-electron chi connectivity index (χ0n) is 14.7. The number of halogens is 13. The summed E-state index contributed by atoms with van der Waals surface area (Å²) < 4.78 is 173. The van der Waals surface area contributed by atoms with Crippen molar-refractivity contribution in [3.8, 4) is 0 Å². The van der Waals surface area contributed by atoms with E-state index in [4.69, 9.17) is 5.11 Å². The molecule has 0 aliphatic rings. The number of rotatable bonds is 6. The Morgan fingerprint density at radius 2 is 1.09 bits per heavy atom. The summed E-state index contributed by atoms with van der Waals surface area (Å²) in [7, 11) is 0. The van der Waals surface area contributed by atoms with Crippen molar-refractivity contribution < 1.29 is 67.0 Å². The van der Waals surface area contributed by atoms with Crippen molar-refractivity contribution in [3.05, 3.63) is 47.5 Å². The third-order valence-corrected chi connectivity index (χ3v) is 4.41. The molecule has 0 radical (unpaired) electrons. The average Bonchev–Trinajstić information content (AvgIpc) is 2.65. The molecule has 1 N–H and O–H groups in total. The molecule has 32 heavy (non-hydrogen) atoms. The predicted molar refractivity (Wildman–Crippen MR) is 80.6 cm³/mol. The first-order chi connectivity index (χ1) is 14.2. The van der Waals surface area contributed by atoms with Gasteiger partial charge in [0.1, 0.15) is 0 Å². The summed E-state index contributed by atoms with van der Waals surface area (Å²) in [5, 5.41) is 8.13. The van der Waals surface area contributed by atoms with E-state index < -0.39 is 58.3 Å². The molecule has 178 valence electrons. The largest absolute Gasteiger partial charge is 0.478 e. The maximum Gasteiger partial charge on any atom is 0.460 e. The van der Waals surface area contributed by atoms with Crippen molar-refractivity contribution in [2.24, 2.45) is 0 Å². The molecule has 0 atom stereocenters. The summed E-state index contributed by atoms with van der Waals surface area (Å²) in [5.74, 6) is -40.6. The van der Waals surface area contributed by atoms with Crippen LogP contribution in [0.4, 0.5) is 57.1 Å². The van der Waals surface area contributed by atoms with Crippen LogP contribution in [0.3, 0.4) is 0 Å². The predicted octanol–water partition coefficient (Wildman–Crippen LogP) is 6.73. The van der Waals surface area contributed by atoms with Gasteiger partial charge in [0.05, 0.1) is 5.56 Å². The van der Waals surface area contributed by atoms with E-state index in [9.17, 15) is 61.9 Å². The van der Waals surface area contributed by atoms with Crippen LogP contribution in [-0.4, -0.2) is 40.9 Å². The second kappa shape index (κ2) is 7.13. The maximum absolute atomic E-state index is 14.4. The van der Waals surface area contributed by atoms with Crippen LogP contribution in [0.1, 0.15) is 15.9 Å². The number of hydrogen-bond acceptors (Lipinski definition) is 1. The zero-order chi connectivity index (χ0) is 25.1. The van der Waals surface area contributed by atoms with Crippen LogP contribution in [0.5, 0.6) is 0 Å². The SMILES string of the molecule is O=C(O)c1c(C(F)(F)C(F)(F)C(F)(F)C(F)(F)C(F)(F)C(F)(F)F)ccc2ccccc12. The van der Waals surface area contributed by atoms with Gasteiger partial charge in [-0.05, 0) is 10.8 Å². The van der Waals surface area contributed by atoms with Gasteiger partial charge in [-0.3, -0.25) is 0 Å². The van der Waals surface area contributed by atoms with E-state index in [1.54, 1.807) is 0 Å². The van der Waals surface area contributed by atoms with E-state index in [-0.39, 0.29) is 11.5 Å². The van der Waals surface area contributed by atoms with Gasteiger partial charge in [0.2, 0.25) is 0 Å². The molecule has 0 aromatic heterocycles. The minimum absolute atomic E-state index is 0.171. The van der Waals surface area contributed by atoms with E-state index >= 15 is 0 Å². The minimum Gasteiger partial charge on any atom is -0.478 e. The number of carboxylic acid groups (broad SMARTS) is 1. The molecule has 2 aromatic rings. The molecule has 15 heteroatoms. The van der Waals surface area contributed by atoms with Gasteiger partial charge in [0.25, 0.3) is 0 Å². The molecule has 0 heterocycles. The van der Waals surface area contributed by atoms with Gasteiger partial charge in [0.15, 0.2) is 0 Å². The number of carbonyl (C=O) groups is 1. The van der Waals surface area contributed by atoms with E-state index in [1.807, 2.05) is 0 Å². The Morgan fingerprint density at radius 3 is 1.56 bits per heavy atom. The monoisotopic (exact) mass is 490 g/mol. The highest BCUT2D eigenvalue weighted by atomic mass is 19.4. The molecule has 0 saturated carbocycles. The van der Waals surface area contributed by atoms with Crippen LogP contribution in [0.15, 0.2) is 36.4 Å².